The van der Waals surface area contributed by atoms with Crippen LogP contribution in [-0.4, -0.2) is 36.7 Å². The topological polar surface area (TPSA) is 75.6 Å². The van der Waals surface area contributed by atoms with Crippen molar-refractivity contribution in [2.24, 2.45) is 0 Å². The van der Waals surface area contributed by atoms with Crippen LogP contribution in [0.25, 0.3) is 0 Å². The van der Waals surface area contributed by atoms with E-state index in [4.69, 9.17) is 5.11 Å². The average Bonchev–Trinajstić information content (AvgIpc) is 1.87. The van der Waals surface area contributed by atoms with Crippen molar-refractivity contribution in [1.82, 2.24) is 5.32 Å². The highest BCUT2D eigenvalue weighted by Gasteiger charge is 2.00. The number of carbonyl (C=O) groups is 2. The second-order valence-corrected chi connectivity index (χ2v) is 1.84. The molecule has 0 aromatic rings. The summed E-state index contributed by atoms with van der Waals surface area (Å²) in [6.07, 6.45) is 0. The molecule has 0 aliphatic heterocycles. The fraction of sp³-hybridized carbons (Fsp3) is 0.667. The molecule has 64 valence electrons. The number of ether oxygens (including phenoxy) is 1. The molecule has 0 saturated carbocycles. The van der Waals surface area contributed by atoms with Gasteiger partial charge in [-0.15, -0.1) is 0 Å². The van der Waals surface area contributed by atoms with Crippen LogP contribution in [0.5, 0.6) is 0 Å². The summed E-state index contributed by atoms with van der Waals surface area (Å²) >= 11 is 0. The number of hydrogen-bond donors (Lipinski definition) is 2. The lowest BCUT2D eigenvalue weighted by atomic mass is 10.6. The van der Waals surface area contributed by atoms with Crippen LogP contribution >= 0.6 is 0 Å². The van der Waals surface area contributed by atoms with Crippen LogP contribution in [0.1, 0.15) is 6.92 Å². The second-order valence-electron chi connectivity index (χ2n) is 1.84. The Morgan fingerprint density at radius 2 is 2.09 bits per heavy atom. The van der Waals surface area contributed by atoms with Gasteiger partial charge in [0, 0.05) is 6.54 Å². The first-order valence-electron chi connectivity index (χ1n) is 3.23. The Bertz CT molecular complexity index is 146. The van der Waals surface area contributed by atoms with E-state index in [0.29, 0.717) is 6.54 Å². The number of amides is 1. The predicted octanol–water partition coefficient (Wildman–Crippen LogP) is -0.776. The largest absolute Gasteiger partial charge is 0.480 e. The van der Waals surface area contributed by atoms with E-state index in [1.165, 1.54) is 0 Å². The van der Waals surface area contributed by atoms with Gasteiger partial charge >= 0.3 is 5.97 Å². The average molecular weight is 161 g/mol. The molecule has 1 amide bonds. The lowest BCUT2D eigenvalue weighted by molar-refractivity contribution is -0.143. The fourth-order valence-electron chi connectivity index (χ4n) is 0.479. The molecule has 0 aromatic heterocycles. The maximum Gasteiger partial charge on any atom is 0.329 e. The van der Waals surface area contributed by atoms with Crippen LogP contribution in [0.3, 0.4) is 0 Å². The molecule has 0 aromatic carbocycles. The molecule has 0 aliphatic rings. The van der Waals surface area contributed by atoms with Crippen LogP contribution < -0.4 is 5.32 Å². The Labute approximate surface area is 64.3 Å². The van der Waals surface area contributed by atoms with E-state index in [2.05, 4.69) is 10.1 Å². The molecule has 5 heteroatoms. The van der Waals surface area contributed by atoms with Gasteiger partial charge in [-0.25, -0.2) is 4.79 Å². The van der Waals surface area contributed by atoms with Gasteiger partial charge in [0.1, 0.15) is 13.2 Å². The van der Waals surface area contributed by atoms with E-state index in [1.807, 2.05) is 0 Å². The number of carboxylic acids is 1. The SMILES string of the molecule is CCNC(=O)COCC(=O)O. The Morgan fingerprint density at radius 1 is 1.45 bits per heavy atom. The summed E-state index contributed by atoms with van der Waals surface area (Å²) in [4.78, 5) is 20.5. The zero-order valence-electron chi connectivity index (χ0n) is 6.29. The van der Waals surface area contributed by atoms with Gasteiger partial charge in [0.25, 0.3) is 0 Å². The molecule has 0 saturated heterocycles. The first kappa shape index (κ1) is 9.90. The third-order valence-electron chi connectivity index (χ3n) is 0.833. The molecule has 0 unspecified atom stereocenters. The predicted molar refractivity (Wildman–Crippen MR) is 37.1 cm³/mol. The minimum absolute atomic E-state index is 0.194. The summed E-state index contributed by atoms with van der Waals surface area (Å²) in [5.74, 6) is -1.37. The van der Waals surface area contributed by atoms with E-state index in [1.54, 1.807) is 6.92 Å². The molecule has 0 rings (SSSR count). The van der Waals surface area contributed by atoms with Crippen molar-refractivity contribution in [1.29, 1.82) is 0 Å². The summed E-state index contributed by atoms with van der Waals surface area (Å²) in [7, 11) is 0. The van der Waals surface area contributed by atoms with Gasteiger partial charge in [-0.2, -0.15) is 0 Å². The van der Waals surface area contributed by atoms with Gasteiger partial charge in [-0.1, -0.05) is 0 Å². The Balaban J connectivity index is 3.24. The van der Waals surface area contributed by atoms with Gasteiger partial charge in [-0.3, -0.25) is 4.79 Å². The van der Waals surface area contributed by atoms with Gasteiger partial charge in [0.05, 0.1) is 0 Å². The third-order valence-corrected chi connectivity index (χ3v) is 0.833. The fourth-order valence-corrected chi connectivity index (χ4v) is 0.479. The molecule has 2 N–H and O–H groups in total. The van der Waals surface area contributed by atoms with E-state index in [0.717, 1.165) is 0 Å². The molecular weight excluding hydrogens is 150 g/mol. The normalized spacial score (nSPS) is 9.18. The van der Waals surface area contributed by atoms with E-state index >= 15 is 0 Å². The smallest absolute Gasteiger partial charge is 0.329 e. The van der Waals surface area contributed by atoms with Crippen molar-refractivity contribution in [3.63, 3.8) is 0 Å². The molecule has 5 nitrogen and oxygen atoms in total. The molecule has 0 atom stereocenters. The van der Waals surface area contributed by atoms with E-state index in [9.17, 15) is 9.59 Å². The lowest BCUT2D eigenvalue weighted by Crippen LogP contribution is -2.28. The molecule has 0 bridgehead atoms. The van der Waals surface area contributed by atoms with Crippen molar-refractivity contribution >= 4 is 11.9 Å². The monoisotopic (exact) mass is 161 g/mol. The number of rotatable bonds is 5. The highest BCUT2D eigenvalue weighted by Crippen LogP contribution is 1.74. The molecular formula is C6H11NO4. The first-order chi connectivity index (χ1) is 5.16. The zero-order chi connectivity index (χ0) is 8.69. The van der Waals surface area contributed by atoms with Crippen LogP contribution in [0.4, 0.5) is 0 Å². The van der Waals surface area contributed by atoms with Crippen LogP contribution in [0, 0.1) is 0 Å². The van der Waals surface area contributed by atoms with E-state index < -0.39 is 12.6 Å². The van der Waals surface area contributed by atoms with Crippen molar-refractivity contribution < 1.29 is 19.4 Å². The lowest BCUT2D eigenvalue weighted by Gasteiger charge is -2.00. The Morgan fingerprint density at radius 3 is 2.55 bits per heavy atom. The van der Waals surface area contributed by atoms with Gasteiger partial charge in [0.15, 0.2) is 0 Å². The maximum absolute atomic E-state index is 10.6. The Hall–Kier alpha value is -1.10. The standard InChI is InChI=1S/C6H11NO4/c1-2-7-5(8)3-11-4-6(9)10/h2-4H2,1H3,(H,7,8)(H,9,10). The van der Waals surface area contributed by atoms with Crippen LogP contribution in [-0.2, 0) is 14.3 Å². The summed E-state index contributed by atoms with van der Waals surface area (Å²) in [6.45, 7) is 1.67. The van der Waals surface area contributed by atoms with Crippen molar-refractivity contribution in [3.05, 3.63) is 0 Å². The molecule has 0 fully saturated rings. The highest BCUT2D eigenvalue weighted by molar-refractivity contribution is 5.77. The van der Waals surface area contributed by atoms with Gasteiger partial charge in [-0.05, 0) is 6.92 Å². The molecule has 0 heterocycles. The molecule has 0 spiro atoms. The maximum atomic E-state index is 10.6. The van der Waals surface area contributed by atoms with Gasteiger partial charge < -0.3 is 15.2 Å². The minimum Gasteiger partial charge on any atom is -0.480 e. The number of nitrogens with one attached hydrogen (secondary N) is 1. The van der Waals surface area contributed by atoms with Crippen LogP contribution in [0.15, 0.2) is 0 Å². The zero-order valence-corrected chi connectivity index (χ0v) is 6.29. The van der Waals surface area contributed by atoms with Crippen molar-refractivity contribution in [2.75, 3.05) is 19.8 Å². The third kappa shape index (κ3) is 6.79. The van der Waals surface area contributed by atoms with Crippen molar-refractivity contribution in [2.45, 2.75) is 6.92 Å². The second kappa shape index (κ2) is 5.67. The number of carbonyl (C=O) groups excluding carboxylic acids is 1. The van der Waals surface area contributed by atoms with Crippen molar-refractivity contribution in [3.8, 4) is 0 Å². The number of hydrogen-bond acceptors (Lipinski definition) is 3. The van der Waals surface area contributed by atoms with Gasteiger partial charge in [0.2, 0.25) is 5.91 Å². The molecule has 0 radical (unpaired) electrons. The van der Waals surface area contributed by atoms with E-state index in [-0.39, 0.29) is 12.5 Å². The number of carboxylic acid groups (broad SMARTS) is 1. The summed E-state index contributed by atoms with van der Waals surface area (Å²) < 4.78 is 4.50. The highest BCUT2D eigenvalue weighted by atomic mass is 16.5. The number of likely N-dealkylation sites (N-methyl/N-ethyl adjacent to an activating group) is 1. The summed E-state index contributed by atoms with van der Waals surface area (Å²) in [6, 6.07) is 0. The summed E-state index contributed by atoms with van der Waals surface area (Å²) in [5.41, 5.74) is 0. The quantitative estimate of drug-likeness (QED) is 0.554. The summed E-state index contributed by atoms with van der Waals surface area (Å²) in [5, 5.41) is 10.6. The first-order valence-corrected chi connectivity index (χ1v) is 3.23. The van der Waals surface area contributed by atoms with Crippen LogP contribution in [0.2, 0.25) is 0 Å². The number of aliphatic carboxylic acids is 1. The molecule has 11 heavy (non-hydrogen) atoms. The Kier molecular flexibility index (Phi) is 5.10. The molecule has 0 aliphatic carbocycles. The minimum atomic E-state index is -1.07.